The Balaban J connectivity index is 0.000000647. The van der Waals surface area contributed by atoms with Crippen LogP contribution in [0.5, 0.6) is 0 Å². The second-order valence-electron chi connectivity index (χ2n) is 6.49. The van der Waals surface area contributed by atoms with Crippen LogP contribution >= 0.6 is 0 Å². The molecule has 3 rings (SSSR count). The topological polar surface area (TPSA) is 53.0 Å². The van der Waals surface area contributed by atoms with Crippen LogP contribution in [0.3, 0.4) is 0 Å². The first-order valence-corrected chi connectivity index (χ1v) is 8.47. The lowest BCUT2D eigenvalue weighted by Gasteiger charge is -2.38. The van der Waals surface area contributed by atoms with E-state index in [-0.39, 0.29) is 12.1 Å². The zero-order valence-electron chi connectivity index (χ0n) is 14.4. The van der Waals surface area contributed by atoms with E-state index in [0.717, 1.165) is 45.5 Å². The lowest BCUT2D eigenvalue weighted by atomic mass is 9.87. The van der Waals surface area contributed by atoms with E-state index in [0.29, 0.717) is 6.04 Å². The fourth-order valence-electron chi connectivity index (χ4n) is 3.62. The minimum Gasteiger partial charge on any atom is -0.483 e. The predicted octanol–water partition coefficient (Wildman–Crippen LogP) is 2.63. The summed E-state index contributed by atoms with van der Waals surface area (Å²) < 4.78 is 6.27. The number of carbonyl (C=O) groups is 1. The molecule has 1 atom stereocenters. The number of anilines is 1. The van der Waals surface area contributed by atoms with Gasteiger partial charge in [-0.1, -0.05) is 24.3 Å². The van der Waals surface area contributed by atoms with Crippen LogP contribution < -0.4 is 4.90 Å². The summed E-state index contributed by atoms with van der Waals surface area (Å²) in [6.07, 6.45) is 5.46. The lowest BCUT2D eigenvalue weighted by Crippen LogP contribution is -2.44. The molecular weight excluding hydrogens is 304 g/mol. The maximum Gasteiger partial charge on any atom is 0.290 e. The maximum atomic E-state index is 8.36. The molecule has 5 heteroatoms. The van der Waals surface area contributed by atoms with E-state index >= 15 is 0 Å². The van der Waals surface area contributed by atoms with Crippen LogP contribution in [0.2, 0.25) is 0 Å². The molecular formula is C19H28N2O3. The Morgan fingerprint density at radius 3 is 2.58 bits per heavy atom. The number of hydrogen-bond donors (Lipinski definition) is 1. The van der Waals surface area contributed by atoms with Gasteiger partial charge in [0.1, 0.15) is 0 Å². The first kappa shape index (κ1) is 18.5. The number of para-hydroxylation sites is 1. The number of piperidine rings is 1. The smallest absolute Gasteiger partial charge is 0.290 e. The Morgan fingerprint density at radius 1 is 1.38 bits per heavy atom. The van der Waals surface area contributed by atoms with Crippen molar-refractivity contribution in [1.29, 1.82) is 0 Å². The molecule has 1 spiro atoms. The molecule has 2 fully saturated rings. The number of carboxylic acid groups (broad SMARTS) is 1. The van der Waals surface area contributed by atoms with Gasteiger partial charge in [0.2, 0.25) is 0 Å². The zero-order chi connectivity index (χ0) is 17.4. The maximum absolute atomic E-state index is 8.36. The minimum absolute atomic E-state index is 0.116. The number of rotatable bonds is 4. The highest BCUT2D eigenvalue weighted by molar-refractivity contribution is 5.46. The highest BCUT2D eigenvalue weighted by atomic mass is 16.5. The van der Waals surface area contributed by atoms with Gasteiger partial charge in [0, 0.05) is 32.4 Å². The summed E-state index contributed by atoms with van der Waals surface area (Å²) >= 11 is 0. The van der Waals surface area contributed by atoms with Crippen molar-refractivity contribution in [2.45, 2.75) is 30.9 Å². The normalized spacial score (nSPS) is 22.5. The van der Waals surface area contributed by atoms with Gasteiger partial charge in [-0.2, -0.15) is 0 Å². The van der Waals surface area contributed by atoms with Crippen molar-refractivity contribution in [2.24, 2.45) is 0 Å². The van der Waals surface area contributed by atoms with Crippen molar-refractivity contribution >= 4 is 12.2 Å². The Bertz CT molecular complexity index is 513. The summed E-state index contributed by atoms with van der Waals surface area (Å²) in [7, 11) is 2.19. The van der Waals surface area contributed by atoms with Crippen LogP contribution in [0.4, 0.5) is 5.69 Å². The molecule has 1 aromatic carbocycles. The molecule has 0 bridgehead atoms. The van der Waals surface area contributed by atoms with E-state index in [1.807, 2.05) is 6.08 Å². The molecule has 1 unspecified atom stereocenters. The van der Waals surface area contributed by atoms with Crippen LogP contribution in [-0.2, 0) is 9.53 Å². The summed E-state index contributed by atoms with van der Waals surface area (Å²) in [6.45, 7) is 7.71. The second kappa shape index (κ2) is 8.85. The molecule has 2 aliphatic rings. The number of benzene rings is 1. The highest BCUT2D eigenvalue weighted by Crippen LogP contribution is 2.38. The molecule has 2 saturated heterocycles. The summed E-state index contributed by atoms with van der Waals surface area (Å²) in [6, 6.07) is 11.1. The SMILES string of the molecule is C=CCN1CCC2(CC1)CC(N(C)c1ccccc1)CO2.O=CO. The molecule has 2 heterocycles. The van der Waals surface area contributed by atoms with Crippen molar-refractivity contribution in [3.8, 4) is 0 Å². The van der Waals surface area contributed by atoms with Gasteiger partial charge in [-0.05, 0) is 31.4 Å². The molecule has 2 aliphatic heterocycles. The quantitative estimate of drug-likeness (QED) is 0.678. The van der Waals surface area contributed by atoms with Gasteiger partial charge < -0.3 is 14.7 Å². The van der Waals surface area contributed by atoms with Crippen molar-refractivity contribution in [1.82, 2.24) is 4.90 Å². The van der Waals surface area contributed by atoms with Gasteiger partial charge >= 0.3 is 0 Å². The fraction of sp³-hybridized carbons (Fsp3) is 0.526. The van der Waals surface area contributed by atoms with Gasteiger partial charge in [0.05, 0.1) is 18.2 Å². The number of likely N-dealkylation sites (N-methyl/N-ethyl adjacent to an activating group) is 1. The third-order valence-corrected chi connectivity index (χ3v) is 5.06. The van der Waals surface area contributed by atoms with Crippen molar-refractivity contribution in [3.05, 3.63) is 43.0 Å². The summed E-state index contributed by atoms with van der Waals surface area (Å²) in [5, 5.41) is 6.89. The third-order valence-electron chi connectivity index (χ3n) is 5.06. The summed E-state index contributed by atoms with van der Waals surface area (Å²) in [5.74, 6) is 0. The minimum atomic E-state index is -0.250. The average molecular weight is 332 g/mol. The Kier molecular flexibility index (Phi) is 6.82. The molecule has 0 radical (unpaired) electrons. The van der Waals surface area contributed by atoms with E-state index in [9.17, 15) is 0 Å². The molecule has 0 amide bonds. The largest absolute Gasteiger partial charge is 0.483 e. The first-order valence-electron chi connectivity index (χ1n) is 8.47. The van der Waals surface area contributed by atoms with Gasteiger partial charge in [-0.15, -0.1) is 6.58 Å². The standard InChI is InChI=1S/C18H26N2O.CH2O2/c1-3-11-20-12-9-18(10-13-20)14-17(15-21-18)19(2)16-7-5-4-6-8-16;2-1-3/h3-8,17H,1,9-15H2,2H3;1H,(H,2,3). The Labute approximate surface area is 144 Å². The molecule has 0 saturated carbocycles. The number of ether oxygens (including phenoxy) is 1. The van der Waals surface area contributed by atoms with Crippen molar-refractivity contribution in [3.63, 3.8) is 0 Å². The van der Waals surface area contributed by atoms with Gasteiger partial charge in [0.25, 0.3) is 6.47 Å². The van der Waals surface area contributed by atoms with Crippen LogP contribution in [0.25, 0.3) is 0 Å². The van der Waals surface area contributed by atoms with Gasteiger partial charge in [-0.3, -0.25) is 9.69 Å². The lowest BCUT2D eigenvalue weighted by molar-refractivity contribution is -0.122. The molecule has 0 aromatic heterocycles. The summed E-state index contributed by atoms with van der Waals surface area (Å²) in [4.78, 5) is 13.2. The summed E-state index contributed by atoms with van der Waals surface area (Å²) in [5.41, 5.74) is 1.40. The van der Waals surface area contributed by atoms with E-state index < -0.39 is 0 Å². The Morgan fingerprint density at radius 2 is 2.00 bits per heavy atom. The van der Waals surface area contributed by atoms with E-state index in [1.54, 1.807) is 0 Å². The molecule has 132 valence electrons. The van der Waals surface area contributed by atoms with Gasteiger partial charge in [0.15, 0.2) is 0 Å². The Hall–Kier alpha value is -1.85. The number of nitrogens with zero attached hydrogens (tertiary/aromatic N) is 2. The van der Waals surface area contributed by atoms with Crippen LogP contribution in [-0.4, -0.2) is 61.4 Å². The number of likely N-dealkylation sites (tertiary alicyclic amines) is 1. The van der Waals surface area contributed by atoms with E-state index in [1.165, 1.54) is 5.69 Å². The van der Waals surface area contributed by atoms with Crippen molar-refractivity contribution in [2.75, 3.05) is 38.2 Å². The van der Waals surface area contributed by atoms with Crippen LogP contribution in [0.15, 0.2) is 43.0 Å². The van der Waals surface area contributed by atoms with E-state index in [4.69, 9.17) is 14.6 Å². The number of hydrogen-bond acceptors (Lipinski definition) is 4. The molecule has 1 N–H and O–H groups in total. The predicted molar refractivity (Wildman–Crippen MR) is 96.5 cm³/mol. The van der Waals surface area contributed by atoms with Gasteiger partial charge in [-0.25, -0.2) is 0 Å². The van der Waals surface area contributed by atoms with Crippen LogP contribution in [0, 0.1) is 0 Å². The zero-order valence-corrected chi connectivity index (χ0v) is 14.4. The van der Waals surface area contributed by atoms with E-state index in [2.05, 4.69) is 53.8 Å². The average Bonchev–Trinajstić information content (AvgIpc) is 3.02. The van der Waals surface area contributed by atoms with Crippen LogP contribution in [0.1, 0.15) is 19.3 Å². The monoisotopic (exact) mass is 332 g/mol. The van der Waals surface area contributed by atoms with Crippen molar-refractivity contribution < 1.29 is 14.6 Å². The highest BCUT2D eigenvalue weighted by Gasteiger charge is 2.43. The molecule has 5 nitrogen and oxygen atoms in total. The third kappa shape index (κ3) is 4.58. The molecule has 0 aliphatic carbocycles. The molecule has 1 aromatic rings. The molecule has 24 heavy (non-hydrogen) atoms. The fourth-order valence-corrected chi connectivity index (χ4v) is 3.62. The first-order chi connectivity index (χ1) is 11.6. The second-order valence-corrected chi connectivity index (χ2v) is 6.49.